The third kappa shape index (κ3) is 8.41. The highest BCUT2D eigenvalue weighted by atomic mass is 79.9. The molecule has 0 saturated carbocycles. The van der Waals surface area contributed by atoms with Crippen LogP contribution in [0, 0.1) is 5.92 Å². The molecule has 0 aliphatic carbocycles. The van der Waals surface area contributed by atoms with Crippen LogP contribution in [0.1, 0.15) is 62.6 Å². The summed E-state index contributed by atoms with van der Waals surface area (Å²) in [6.07, 6.45) is 3.04. The molecule has 340 valence electrons. The predicted octanol–water partition coefficient (Wildman–Crippen LogP) is 6.94. The van der Waals surface area contributed by atoms with Crippen molar-refractivity contribution in [1.82, 2.24) is 10.2 Å². The van der Waals surface area contributed by atoms with E-state index in [1.807, 2.05) is 84.6 Å². The number of amides is 3. The van der Waals surface area contributed by atoms with Crippen LogP contribution in [0.2, 0.25) is 18.6 Å². The maximum atomic E-state index is 15.6. The highest BCUT2D eigenvalue weighted by Crippen LogP contribution is 2.60. The van der Waals surface area contributed by atoms with Crippen LogP contribution >= 0.6 is 15.9 Å². The number of ether oxygens (including phenoxy) is 3. The van der Waals surface area contributed by atoms with Crippen molar-refractivity contribution < 1.29 is 38.8 Å². The van der Waals surface area contributed by atoms with E-state index in [-0.39, 0.29) is 61.4 Å². The summed E-state index contributed by atoms with van der Waals surface area (Å²) in [5.74, 6) is 0.872. The van der Waals surface area contributed by atoms with Gasteiger partial charge in [0.2, 0.25) is 11.8 Å². The lowest BCUT2D eigenvalue weighted by molar-refractivity contribution is -0.150. The van der Waals surface area contributed by atoms with Gasteiger partial charge in [0, 0.05) is 34.8 Å². The summed E-state index contributed by atoms with van der Waals surface area (Å²) in [6, 6.07) is 27.1. The van der Waals surface area contributed by atoms with Crippen molar-refractivity contribution in [2.45, 2.75) is 101 Å². The van der Waals surface area contributed by atoms with Gasteiger partial charge in [-0.1, -0.05) is 65.4 Å². The SMILES string of the molecule is CCOc1ccc2c(c1)CC(NCCCCO)C(=O)N2c1cccc(CN2C(=O)[C@@]3(O[C@@H](CC(=O)N4CCC[C@H]4CO)[C@H]([Si](C)(C)c4ccc(OC)cc4)[C@H]3C)c3cc(Br)ccc32)c1. The number of hydrogen-bond donors (Lipinski definition) is 3. The summed E-state index contributed by atoms with van der Waals surface area (Å²) in [5, 5.41) is 24.1. The standard InChI is InChI=1S/C50H61BrN4O8Si/c1-6-62-39-17-21-43-34(26-39)27-42(52-22-7-8-24-56)48(59)55(43)36-12-9-11-33(25-36)30-54-44-20-14-35(51)28-41(44)50(49(54)60)32(2)47(64(4,5)40-18-15-38(61-3)16-19-40)45(63-50)29-46(58)53-23-10-13-37(53)31-57/h9,11-12,14-21,25-26,28,32,37,42,45,47,52,56-57H,6-8,10,13,22-24,27,29-31H2,1-5H3/t32-,37+,42?,45+,47-,50+/m1/s1. The summed E-state index contributed by atoms with van der Waals surface area (Å²) >= 11 is 3.72. The monoisotopic (exact) mass is 952 g/mol. The number of likely N-dealkylation sites (tertiary alicyclic amines) is 1. The maximum Gasteiger partial charge on any atom is 0.264 e. The van der Waals surface area contributed by atoms with Gasteiger partial charge in [-0.05, 0) is 123 Å². The van der Waals surface area contributed by atoms with E-state index in [0.717, 1.165) is 63.3 Å². The fourth-order valence-electron chi connectivity index (χ4n) is 11.0. The quantitative estimate of drug-likeness (QED) is 0.0805. The number of nitrogens with one attached hydrogen (secondary N) is 1. The average molecular weight is 954 g/mol. The molecule has 8 rings (SSSR count). The summed E-state index contributed by atoms with van der Waals surface area (Å²) in [4.78, 5) is 49.7. The number of halogens is 1. The number of fused-ring (bicyclic) bond motifs is 3. The molecule has 0 bridgehead atoms. The highest BCUT2D eigenvalue weighted by molar-refractivity contribution is 9.10. The molecular formula is C50H61BrN4O8Si. The van der Waals surface area contributed by atoms with Gasteiger partial charge in [0.15, 0.2) is 5.60 Å². The largest absolute Gasteiger partial charge is 0.497 e. The number of benzene rings is 4. The second kappa shape index (κ2) is 19.1. The molecule has 3 amide bonds. The van der Waals surface area contributed by atoms with Crippen LogP contribution < -0.4 is 29.8 Å². The number of anilines is 3. The number of unbranched alkanes of at least 4 members (excludes halogenated alkanes) is 1. The molecule has 4 heterocycles. The van der Waals surface area contributed by atoms with Crippen LogP contribution in [0.4, 0.5) is 17.1 Å². The molecule has 1 unspecified atom stereocenters. The fourth-order valence-corrected chi connectivity index (χ4v) is 15.4. The van der Waals surface area contributed by atoms with Crippen LogP contribution in [-0.4, -0.2) is 99.1 Å². The van der Waals surface area contributed by atoms with Crippen molar-refractivity contribution in [3.8, 4) is 11.5 Å². The third-order valence-corrected chi connectivity index (χ3v) is 19.0. The Morgan fingerprint density at radius 2 is 1.75 bits per heavy atom. The van der Waals surface area contributed by atoms with Crippen molar-refractivity contribution in [3.05, 3.63) is 106 Å². The average Bonchev–Trinajstić information content (AvgIpc) is 3.95. The van der Waals surface area contributed by atoms with Crippen molar-refractivity contribution in [2.24, 2.45) is 5.92 Å². The van der Waals surface area contributed by atoms with Crippen molar-refractivity contribution in [3.63, 3.8) is 0 Å². The minimum atomic E-state index is -2.53. The first-order valence-electron chi connectivity index (χ1n) is 22.7. The van der Waals surface area contributed by atoms with Crippen LogP contribution in [0.25, 0.3) is 0 Å². The number of methoxy groups -OCH3 is 1. The molecule has 2 saturated heterocycles. The summed E-state index contributed by atoms with van der Waals surface area (Å²) < 4.78 is 19.5. The number of aliphatic hydroxyl groups is 2. The lowest BCUT2D eigenvalue weighted by atomic mass is 9.82. The van der Waals surface area contributed by atoms with Crippen LogP contribution in [0.3, 0.4) is 0 Å². The molecule has 1 spiro atoms. The number of hydrogen-bond acceptors (Lipinski definition) is 9. The lowest BCUT2D eigenvalue weighted by Gasteiger charge is -2.37. The minimum absolute atomic E-state index is 0.0607. The van der Waals surface area contributed by atoms with Crippen molar-refractivity contribution in [2.75, 3.05) is 49.8 Å². The van der Waals surface area contributed by atoms with Gasteiger partial charge in [0.25, 0.3) is 5.91 Å². The van der Waals surface area contributed by atoms with Crippen LogP contribution in [0.5, 0.6) is 11.5 Å². The number of nitrogens with zero attached hydrogens (tertiary/aromatic N) is 3. The molecule has 64 heavy (non-hydrogen) atoms. The van der Waals surface area contributed by atoms with Crippen molar-refractivity contribution in [1.29, 1.82) is 0 Å². The van der Waals surface area contributed by atoms with Crippen LogP contribution in [0.15, 0.2) is 89.4 Å². The van der Waals surface area contributed by atoms with Gasteiger partial charge in [-0.2, -0.15) is 0 Å². The Balaban J connectivity index is 1.15. The van der Waals surface area contributed by atoms with Gasteiger partial charge in [-0.3, -0.25) is 19.3 Å². The zero-order chi connectivity index (χ0) is 45.3. The highest BCUT2D eigenvalue weighted by Gasteiger charge is 2.66. The number of rotatable bonds is 16. The van der Waals surface area contributed by atoms with E-state index in [2.05, 4.69) is 53.4 Å². The van der Waals surface area contributed by atoms with E-state index in [4.69, 9.17) is 14.2 Å². The van der Waals surface area contributed by atoms with Gasteiger partial charge < -0.3 is 39.5 Å². The number of aliphatic hydroxyl groups excluding tert-OH is 2. The minimum Gasteiger partial charge on any atom is -0.497 e. The molecule has 4 aliphatic rings. The molecule has 12 nitrogen and oxygen atoms in total. The summed E-state index contributed by atoms with van der Waals surface area (Å²) in [5.41, 5.74) is 3.29. The first-order chi connectivity index (χ1) is 30.9. The topological polar surface area (TPSA) is 141 Å². The first kappa shape index (κ1) is 46.0. The molecule has 3 N–H and O–H groups in total. The van der Waals surface area contributed by atoms with E-state index >= 15 is 4.79 Å². The Bertz CT molecular complexity index is 2360. The van der Waals surface area contributed by atoms with E-state index in [1.165, 1.54) is 5.19 Å². The smallest absolute Gasteiger partial charge is 0.264 e. The van der Waals surface area contributed by atoms with Gasteiger partial charge in [-0.15, -0.1) is 0 Å². The van der Waals surface area contributed by atoms with Gasteiger partial charge in [0.1, 0.15) is 11.5 Å². The summed E-state index contributed by atoms with van der Waals surface area (Å²) in [7, 11) is -0.877. The predicted molar refractivity (Wildman–Crippen MR) is 254 cm³/mol. The normalized spacial score (nSPS) is 24.1. The molecule has 14 heteroatoms. The first-order valence-corrected chi connectivity index (χ1v) is 26.6. The Labute approximate surface area is 386 Å². The molecule has 4 aliphatic heterocycles. The molecule has 6 atom stereocenters. The van der Waals surface area contributed by atoms with E-state index in [9.17, 15) is 19.8 Å². The zero-order valence-electron chi connectivity index (χ0n) is 37.5. The third-order valence-electron chi connectivity index (χ3n) is 14.1. The molecule has 0 radical (unpaired) electrons. The van der Waals surface area contributed by atoms with E-state index in [1.54, 1.807) is 16.9 Å². The maximum absolute atomic E-state index is 15.6. The number of carbonyl (C=O) groups is 3. The Hall–Kier alpha value is -4.57. The molecule has 4 aromatic rings. The van der Waals surface area contributed by atoms with Crippen molar-refractivity contribution >= 4 is 64.0 Å². The number of carbonyl (C=O) groups excluding carboxylic acids is 3. The molecule has 4 aromatic carbocycles. The second-order valence-electron chi connectivity index (χ2n) is 18.2. The summed E-state index contributed by atoms with van der Waals surface area (Å²) in [6.45, 7) is 10.6. The Morgan fingerprint density at radius 3 is 2.48 bits per heavy atom. The zero-order valence-corrected chi connectivity index (χ0v) is 40.1. The fraction of sp³-hybridized carbons (Fsp3) is 0.460. The Morgan fingerprint density at radius 1 is 0.984 bits per heavy atom. The van der Waals surface area contributed by atoms with Gasteiger partial charge >= 0.3 is 0 Å². The molecule has 0 aromatic heterocycles. The van der Waals surface area contributed by atoms with E-state index < -0.39 is 25.8 Å². The second-order valence-corrected chi connectivity index (χ2v) is 23.8. The van der Waals surface area contributed by atoms with Gasteiger partial charge in [0.05, 0.1) is 70.9 Å². The molecular weight excluding hydrogens is 893 g/mol. The van der Waals surface area contributed by atoms with E-state index in [0.29, 0.717) is 38.2 Å². The van der Waals surface area contributed by atoms with Gasteiger partial charge in [-0.25, -0.2) is 0 Å². The van der Waals surface area contributed by atoms with Crippen LogP contribution in [-0.2, 0) is 37.7 Å². The molecule has 2 fully saturated rings. The Kier molecular flexibility index (Phi) is 13.7. The lowest BCUT2D eigenvalue weighted by Crippen LogP contribution is -2.52.